The van der Waals surface area contributed by atoms with E-state index in [1.165, 1.54) is 34.2 Å². The molecule has 1 aliphatic carbocycles. The predicted octanol–water partition coefficient (Wildman–Crippen LogP) is 3.70. The highest BCUT2D eigenvalue weighted by atomic mass is 79.9. The van der Waals surface area contributed by atoms with Crippen LogP contribution in [0, 0.1) is 5.41 Å². The molecular weight excluding hydrogens is 302 g/mol. The van der Waals surface area contributed by atoms with Crippen molar-refractivity contribution in [1.82, 2.24) is 5.32 Å². The second-order valence-electron chi connectivity index (χ2n) is 6.36. The summed E-state index contributed by atoms with van der Waals surface area (Å²) in [6.45, 7) is 6.41. The first kappa shape index (κ1) is 13.4. The Kier molecular flexibility index (Phi) is 3.61. The Labute approximate surface area is 124 Å². The molecule has 0 radical (unpaired) electrons. The van der Waals surface area contributed by atoms with Crippen LogP contribution in [-0.4, -0.2) is 19.2 Å². The van der Waals surface area contributed by atoms with Crippen LogP contribution in [0.1, 0.15) is 37.8 Å². The van der Waals surface area contributed by atoms with Crippen LogP contribution in [0.5, 0.6) is 5.75 Å². The first-order valence-electron chi connectivity index (χ1n) is 7.25. The van der Waals surface area contributed by atoms with E-state index in [-0.39, 0.29) is 0 Å². The van der Waals surface area contributed by atoms with Gasteiger partial charge in [0.05, 0.1) is 6.61 Å². The molecule has 19 heavy (non-hydrogen) atoms. The van der Waals surface area contributed by atoms with Crippen molar-refractivity contribution in [2.24, 2.45) is 5.41 Å². The molecule has 0 atom stereocenters. The van der Waals surface area contributed by atoms with Crippen molar-refractivity contribution in [2.75, 3.05) is 13.2 Å². The van der Waals surface area contributed by atoms with Crippen LogP contribution < -0.4 is 10.1 Å². The van der Waals surface area contributed by atoms with Crippen LogP contribution >= 0.6 is 15.9 Å². The van der Waals surface area contributed by atoms with Gasteiger partial charge in [0.1, 0.15) is 5.75 Å². The molecule has 0 bridgehead atoms. The number of rotatable bonds is 5. The van der Waals surface area contributed by atoms with E-state index < -0.39 is 0 Å². The summed E-state index contributed by atoms with van der Waals surface area (Å²) in [6.07, 6.45) is 4.88. The lowest BCUT2D eigenvalue weighted by atomic mass is 9.94. The molecule has 0 saturated heterocycles. The van der Waals surface area contributed by atoms with E-state index in [2.05, 4.69) is 47.2 Å². The average molecular weight is 324 g/mol. The maximum atomic E-state index is 5.84. The Bertz CT molecular complexity index is 480. The number of benzene rings is 1. The zero-order valence-electron chi connectivity index (χ0n) is 11.8. The molecule has 2 aliphatic rings. The van der Waals surface area contributed by atoms with Crippen LogP contribution in [-0.2, 0) is 12.8 Å². The van der Waals surface area contributed by atoms with Gasteiger partial charge >= 0.3 is 0 Å². The third kappa shape index (κ3) is 2.97. The maximum Gasteiger partial charge on any atom is 0.125 e. The summed E-state index contributed by atoms with van der Waals surface area (Å²) in [5.74, 6) is 1.17. The number of fused-ring (bicyclic) bond motifs is 1. The number of hydrogen-bond acceptors (Lipinski definition) is 2. The molecule has 1 N–H and O–H groups in total. The molecule has 2 nitrogen and oxygen atoms in total. The van der Waals surface area contributed by atoms with Gasteiger partial charge in [0.15, 0.2) is 0 Å². The maximum absolute atomic E-state index is 5.84. The molecule has 0 amide bonds. The molecule has 104 valence electrons. The number of ether oxygens (including phenoxy) is 1. The van der Waals surface area contributed by atoms with Crippen molar-refractivity contribution in [3.05, 3.63) is 27.7 Å². The van der Waals surface area contributed by atoms with Crippen molar-refractivity contribution in [3.8, 4) is 5.75 Å². The summed E-state index contributed by atoms with van der Waals surface area (Å²) in [4.78, 5) is 0. The summed E-state index contributed by atoms with van der Waals surface area (Å²) in [7, 11) is 0. The van der Waals surface area contributed by atoms with Crippen molar-refractivity contribution in [3.63, 3.8) is 0 Å². The molecule has 0 unspecified atom stereocenters. The minimum absolute atomic E-state index is 0.477. The molecule has 1 fully saturated rings. The Morgan fingerprint density at radius 2 is 2.16 bits per heavy atom. The highest BCUT2D eigenvalue weighted by Gasteiger charge is 2.43. The Morgan fingerprint density at radius 3 is 2.84 bits per heavy atom. The Balaban J connectivity index is 1.77. The van der Waals surface area contributed by atoms with Crippen LogP contribution in [0.4, 0.5) is 0 Å². The van der Waals surface area contributed by atoms with Crippen LogP contribution in [0.25, 0.3) is 0 Å². The van der Waals surface area contributed by atoms with Gasteiger partial charge in [-0.1, -0.05) is 29.8 Å². The monoisotopic (exact) mass is 323 g/mol. The minimum atomic E-state index is 0.477. The van der Waals surface area contributed by atoms with Crippen LogP contribution in [0.3, 0.4) is 0 Å². The summed E-state index contributed by atoms with van der Waals surface area (Å²) >= 11 is 3.63. The Hall–Kier alpha value is -0.540. The van der Waals surface area contributed by atoms with Crippen molar-refractivity contribution < 1.29 is 4.74 Å². The number of halogens is 1. The van der Waals surface area contributed by atoms with Gasteiger partial charge in [-0.05, 0) is 47.9 Å². The molecule has 1 aromatic carbocycles. The normalized spacial score (nSPS) is 19.4. The second kappa shape index (κ2) is 5.10. The van der Waals surface area contributed by atoms with E-state index in [4.69, 9.17) is 4.74 Å². The summed E-state index contributed by atoms with van der Waals surface area (Å²) in [6, 6.07) is 5.03. The van der Waals surface area contributed by atoms with Crippen molar-refractivity contribution >= 4 is 15.9 Å². The van der Waals surface area contributed by atoms with E-state index in [1.54, 1.807) is 0 Å². The fourth-order valence-electron chi connectivity index (χ4n) is 2.89. The lowest BCUT2D eigenvalue weighted by Gasteiger charge is -2.19. The Morgan fingerprint density at radius 1 is 1.37 bits per heavy atom. The van der Waals surface area contributed by atoms with E-state index in [1.807, 2.05) is 0 Å². The fraction of sp³-hybridized carbons (Fsp3) is 0.625. The standard InChI is InChI=1S/C16H22BrNO/c1-11(2)18-10-16(4-5-16)9-13-8-14(17)7-12-3-6-19-15(12)13/h7-8,11,18H,3-6,9-10H2,1-2H3. The van der Waals surface area contributed by atoms with Gasteiger partial charge in [-0.3, -0.25) is 0 Å². The number of nitrogens with one attached hydrogen (secondary N) is 1. The summed E-state index contributed by atoms with van der Waals surface area (Å²) in [5, 5.41) is 3.60. The van der Waals surface area contributed by atoms with Crippen LogP contribution in [0.2, 0.25) is 0 Å². The molecule has 0 spiro atoms. The third-order valence-electron chi connectivity index (χ3n) is 4.23. The SMILES string of the molecule is CC(C)NCC1(Cc2cc(Br)cc3c2OCC3)CC1. The van der Waals surface area contributed by atoms with Crippen LogP contribution in [0.15, 0.2) is 16.6 Å². The second-order valence-corrected chi connectivity index (χ2v) is 7.28. The van der Waals surface area contributed by atoms with Crippen molar-refractivity contribution in [1.29, 1.82) is 0 Å². The van der Waals surface area contributed by atoms with Gasteiger partial charge in [-0.15, -0.1) is 0 Å². The molecule has 3 rings (SSSR count). The highest BCUT2D eigenvalue weighted by molar-refractivity contribution is 9.10. The van der Waals surface area contributed by atoms with Gasteiger partial charge in [-0.2, -0.15) is 0 Å². The zero-order chi connectivity index (χ0) is 13.5. The van der Waals surface area contributed by atoms with Crippen molar-refractivity contribution in [2.45, 2.75) is 45.6 Å². The van der Waals surface area contributed by atoms with E-state index in [0.717, 1.165) is 26.0 Å². The fourth-order valence-corrected chi connectivity index (χ4v) is 3.45. The average Bonchev–Trinajstić information content (AvgIpc) is 2.94. The third-order valence-corrected chi connectivity index (χ3v) is 4.69. The lowest BCUT2D eigenvalue weighted by Crippen LogP contribution is -2.31. The van der Waals surface area contributed by atoms with Gasteiger partial charge < -0.3 is 10.1 Å². The van der Waals surface area contributed by atoms with Gasteiger partial charge in [-0.25, -0.2) is 0 Å². The largest absolute Gasteiger partial charge is 0.493 e. The first-order valence-corrected chi connectivity index (χ1v) is 8.05. The molecular formula is C16H22BrNO. The topological polar surface area (TPSA) is 21.3 Å². The smallest absolute Gasteiger partial charge is 0.125 e. The number of hydrogen-bond donors (Lipinski definition) is 1. The zero-order valence-corrected chi connectivity index (χ0v) is 13.3. The van der Waals surface area contributed by atoms with Gasteiger partial charge in [0, 0.05) is 23.5 Å². The molecule has 1 saturated carbocycles. The van der Waals surface area contributed by atoms with E-state index >= 15 is 0 Å². The van der Waals surface area contributed by atoms with Gasteiger partial charge in [0.2, 0.25) is 0 Å². The lowest BCUT2D eigenvalue weighted by molar-refractivity contribution is 0.348. The highest BCUT2D eigenvalue weighted by Crippen LogP contribution is 2.50. The minimum Gasteiger partial charge on any atom is -0.493 e. The molecule has 1 aliphatic heterocycles. The predicted molar refractivity (Wildman–Crippen MR) is 81.9 cm³/mol. The quantitative estimate of drug-likeness (QED) is 0.892. The summed E-state index contributed by atoms with van der Waals surface area (Å²) in [5.41, 5.74) is 3.24. The molecule has 1 heterocycles. The van der Waals surface area contributed by atoms with Gasteiger partial charge in [0.25, 0.3) is 0 Å². The molecule has 1 aromatic rings. The molecule has 3 heteroatoms. The molecule has 0 aromatic heterocycles. The van der Waals surface area contributed by atoms with E-state index in [0.29, 0.717) is 11.5 Å². The summed E-state index contributed by atoms with van der Waals surface area (Å²) < 4.78 is 7.04. The first-order chi connectivity index (χ1) is 9.08. The van der Waals surface area contributed by atoms with E-state index in [9.17, 15) is 0 Å².